The maximum Gasteiger partial charge on any atom is 0.262 e. The molecular formula is C15H17N3O2S2. The van der Waals surface area contributed by atoms with E-state index < -0.39 is 0 Å². The van der Waals surface area contributed by atoms with Crippen LogP contribution in [0.4, 0.5) is 5.13 Å². The number of aromatic nitrogens is 2. The summed E-state index contributed by atoms with van der Waals surface area (Å²) in [7, 11) is 0. The Bertz CT molecular complexity index is 662. The van der Waals surface area contributed by atoms with E-state index in [9.17, 15) is 4.79 Å². The van der Waals surface area contributed by atoms with Crippen molar-refractivity contribution < 1.29 is 9.53 Å². The van der Waals surface area contributed by atoms with Crippen molar-refractivity contribution in [1.29, 1.82) is 0 Å². The molecule has 0 spiro atoms. The fourth-order valence-corrected chi connectivity index (χ4v) is 4.02. The van der Waals surface area contributed by atoms with Gasteiger partial charge in [-0.2, -0.15) is 11.8 Å². The van der Waals surface area contributed by atoms with Gasteiger partial charge >= 0.3 is 0 Å². The molecule has 2 aromatic rings. The molecule has 1 amide bonds. The molecule has 0 aromatic carbocycles. The molecule has 0 radical (unpaired) electrons. The number of ether oxygens (including phenoxy) is 1. The first-order valence-corrected chi connectivity index (χ1v) is 9.05. The molecular weight excluding hydrogens is 318 g/mol. The Morgan fingerprint density at radius 2 is 2.32 bits per heavy atom. The van der Waals surface area contributed by atoms with Crippen molar-refractivity contribution in [3.8, 4) is 5.88 Å². The van der Waals surface area contributed by atoms with Crippen LogP contribution in [0.2, 0.25) is 0 Å². The highest BCUT2D eigenvalue weighted by molar-refractivity contribution is 7.99. The van der Waals surface area contributed by atoms with Crippen LogP contribution in [0.25, 0.3) is 0 Å². The first-order chi connectivity index (χ1) is 10.6. The monoisotopic (exact) mass is 335 g/mol. The molecule has 0 saturated carbocycles. The van der Waals surface area contributed by atoms with Crippen LogP contribution in [0.1, 0.15) is 27.3 Å². The largest absolute Gasteiger partial charge is 0.473 e. The number of nitrogens with zero attached hydrogens (tertiary/aromatic N) is 2. The van der Waals surface area contributed by atoms with E-state index in [2.05, 4.69) is 15.3 Å². The molecule has 0 bridgehead atoms. The van der Waals surface area contributed by atoms with Crippen LogP contribution in [0.3, 0.4) is 0 Å². The van der Waals surface area contributed by atoms with Gasteiger partial charge in [-0.05, 0) is 38.2 Å². The van der Waals surface area contributed by atoms with Gasteiger partial charge in [0.2, 0.25) is 5.88 Å². The Labute approximate surface area is 137 Å². The fraction of sp³-hybridized carbons (Fsp3) is 0.400. The summed E-state index contributed by atoms with van der Waals surface area (Å²) in [5, 5.41) is 3.43. The van der Waals surface area contributed by atoms with Gasteiger partial charge in [-0.1, -0.05) is 0 Å². The molecule has 7 heteroatoms. The quantitative estimate of drug-likeness (QED) is 0.929. The van der Waals surface area contributed by atoms with Crippen molar-refractivity contribution in [3.63, 3.8) is 0 Å². The number of thiazole rings is 1. The Morgan fingerprint density at radius 3 is 3.00 bits per heavy atom. The molecule has 116 valence electrons. The van der Waals surface area contributed by atoms with E-state index in [-0.39, 0.29) is 12.0 Å². The molecule has 5 nitrogen and oxygen atoms in total. The third kappa shape index (κ3) is 3.41. The summed E-state index contributed by atoms with van der Waals surface area (Å²) < 4.78 is 5.88. The van der Waals surface area contributed by atoms with E-state index in [1.807, 2.05) is 25.6 Å². The first-order valence-electron chi connectivity index (χ1n) is 7.08. The fourth-order valence-electron chi connectivity index (χ4n) is 2.11. The Kier molecular flexibility index (Phi) is 4.63. The predicted molar refractivity (Wildman–Crippen MR) is 90.1 cm³/mol. The second kappa shape index (κ2) is 6.66. The number of hydrogen-bond acceptors (Lipinski definition) is 6. The van der Waals surface area contributed by atoms with E-state index in [0.717, 1.165) is 28.5 Å². The summed E-state index contributed by atoms with van der Waals surface area (Å²) in [6, 6.07) is 3.47. The number of rotatable bonds is 4. The highest BCUT2D eigenvalue weighted by Crippen LogP contribution is 2.26. The first kappa shape index (κ1) is 15.3. The smallest absolute Gasteiger partial charge is 0.262 e. The molecule has 2 aromatic heterocycles. The topological polar surface area (TPSA) is 64.1 Å². The number of carbonyl (C=O) groups is 1. The summed E-state index contributed by atoms with van der Waals surface area (Å²) >= 11 is 3.33. The minimum absolute atomic E-state index is 0.135. The molecule has 1 aliphatic rings. The Balaban J connectivity index is 1.76. The van der Waals surface area contributed by atoms with Gasteiger partial charge in [-0.15, -0.1) is 11.3 Å². The average molecular weight is 335 g/mol. The second-order valence-electron chi connectivity index (χ2n) is 5.07. The molecule has 3 heterocycles. The molecule has 3 rings (SSSR count). The Hall–Kier alpha value is -1.60. The highest BCUT2D eigenvalue weighted by atomic mass is 32.2. The third-order valence-electron chi connectivity index (χ3n) is 3.43. The lowest BCUT2D eigenvalue weighted by Gasteiger charge is -2.14. The summed E-state index contributed by atoms with van der Waals surface area (Å²) in [4.78, 5) is 22.1. The van der Waals surface area contributed by atoms with E-state index >= 15 is 0 Å². The zero-order valence-corrected chi connectivity index (χ0v) is 14.1. The standard InChI is InChI=1S/C15H17N3O2S2/c1-9-10(2)22-15(17-9)18-13(19)12-4-3-6-16-14(12)20-11-5-7-21-8-11/h3-4,6,11H,5,7-8H2,1-2H3,(H,17,18,19)/t11-/m1/s1. The number of hydrogen-bond donors (Lipinski definition) is 1. The van der Waals surface area contributed by atoms with Crippen molar-refractivity contribution in [2.45, 2.75) is 26.4 Å². The number of carbonyl (C=O) groups excluding carboxylic acids is 1. The van der Waals surface area contributed by atoms with Crippen LogP contribution in [0.15, 0.2) is 18.3 Å². The predicted octanol–water partition coefficient (Wildman–Crippen LogP) is 3.29. The van der Waals surface area contributed by atoms with Gasteiger partial charge in [0.1, 0.15) is 11.7 Å². The van der Waals surface area contributed by atoms with Crippen LogP contribution in [0, 0.1) is 13.8 Å². The van der Waals surface area contributed by atoms with Crippen molar-refractivity contribution >= 4 is 34.1 Å². The lowest BCUT2D eigenvalue weighted by atomic mass is 10.2. The lowest BCUT2D eigenvalue weighted by Crippen LogP contribution is -2.20. The molecule has 0 aliphatic carbocycles. The number of thioether (sulfide) groups is 1. The van der Waals surface area contributed by atoms with Crippen LogP contribution in [-0.4, -0.2) is 33.5 Å². The average Bonchev–Trinajstić information content (AvgIpc) is 3.10. The van der Waals surface area contributed by atoms with Crippen molar-refractivity contribution in [2.24, 2.45) is 0 Å². The van der Waals surface area contributed by atoms with Crippen molar-refractivity contribution in [1.82, 2.24) is 9.97 Å². The molecule has 1 fully saturated rings. The zero-order valence-electron chi connectivity index (χ0n) is 12.5. The normalized spacial score (nSPS) is 17.5. The van der Waals surface area contributed by atoms with E-state index in [0.29, 0.717) is 16.6 Å². The van der Waals surface area contributed by atoms with E-state index in [1.165, 1.54) is 11.3 Å². The molecule has 1 N–H and O–H groups in total. The van der Waals surface area contributed by atoms with Crippen LogP contribution in [0.5, 0.6) is 5.88 Å². The maximum absolute atomic E-state index is 12.5. The van der Waals surface area contributed by atoms with Gasteiger partial charge in [-0.3, -0.25) is 10.1 Å². The Morgan fingerprint density at radius 1 is 1.45 bits per heavy atom. The van der Waals surface area contributed by atoms with E-state index in [1.54, 1.807) is 18.3 Å². The van der Waals surface area contributed by atoms with Gasteiger partial charge in [0.05, 0.1) is 5.69 Å². The highest BCUT2D eigenvalue weighted by Gasteiger charge is 2.21. The maximum atomic E-state index is 12.5. The van der Waals surface area contributed by atoms with Gasteiger partial charge in [0.15, 0.2) is 5.13 Å². The van der Waals surface area contributed by atoms with Crippen LogP contribution < -0.4 is 10.1 Å². The van der Waals surface area contributed by atoms with Gasteiger partial charge in [0.25, 0.3) is 5.91 Å². The van der Waals surface area contributed by atoms with Crippen molar-refractivity contribution in [2.75, 3.05) is 16.8 Å². The summed E-state index contributed by atoms with van der Waals surface area (Å²) in [6.07, 6.45) is 2.77. The minimum atomic E-state index is -0.234. The number of aryl methyl sites for hydroxylation is 2. The number of nitrogens with one attached hydrogen (secondary N) is 1. The molecule has 0 unspecified atom stereocenters. The molecule has 1 saturated heterocycles. The van der Waals surface area contributed by atoms with E-state index in [4.69, 9.17) is 4.74 Å². The number of amides is 1. The minimum Gasteiger partial charge on any atom is -0.473 e. The third-order valence-corrected chi connectivity index (χ3v) is 5.55. The number of anilines is 1. The van der Waals surface area contributed by atoms with Gasteiger partial charge in [-0.25, -0.2) is 9.97 Å². The number of pyridine rings is 1. The zero-order chi connectivity index (χ0) is 15.5. The van der Waals surface area contributed by atoms with Gasteiger partial charge in [0, 0.05) is 16.8 Å². The van der Waals surface area contributed by atoms with Gasteiger partial charge < -0.3 is 4.74 Å². The second-order valence-corrected chi connectivity index (χ2v) is 7.43. The summed E-state index contributed by atoms with van der Waals surface area (Å²) in [5.74, 6) is 2.21. The molecule has 22 heavy (non-hydrogen) atoms. The summed E-state index contributed by atoms with van der Waals surface area (Å²) in [6.45, 7) is 3.91. The lowest BCUT2D eigenvalue weighted by molar-refractivity contribution is 0.101. The van der Waals surface area contributed by atoms with Crippen LogP contribution >= 0.6 is 23.1 Å². The molecule has 1 aliphatic heterocycles. The van der Waals surface area contributed by atoms with Crippen molar-refractivity contribution in [3.05, 3.63) is 34.5 Å². The SMILES string of the molecule is Cc1nc(NC(=O)c2cccnc2O[C@@H]2CCSC2)sc1C. The summed E-state index contributed by atoms with van der Waals surface area (Å²) in [5.41, 5.74) is 1.39. The van der Waals surface area contributed by atoms with Crippen LogP contribution in [-0.2, 0) is 0 Å². The molecule has 1 atom stereocenters.